The van der Waals surface area contributed by atoms with Gasteiger partial charge in [0.15, 0.2) is 0 Å². The number of anilines is 1. The van der Waals surface area contributed by atoms with Gasteiger partial charge in [0.2, 0.25) is 0 Å². The number of likely N-dealkylation sites (tertiary alicyclic amines) is 1. The lowest BCUT2D eigenvalue weighted by Gasteiger charge is -2.33. The summed E-state index contributed by atoms with van der Waals surface area (Å²) < 4.78 is 0. The molecule has 4 rings (SSSR count). The topological polar surface area (TPSA) is 44.0 Å². The van der Waals surface area contributed by atoms with Gasteiger partial charge in [0.05, 0.1) is 11.9 Å². The Morgan fingerprint density at radius 3 is 2.73 bits per heavy atom. The molecule has 2 aromatic carbocycles. The van der Waals surface area contributed by atoms with Gasteiger partial charge >= 0.3 is 0 Å². The van der Waals surface area contributed by atoms with E-state index in [1.165, 1.54) is 24.1 Å². The molecule has 4 nitrogen and oxygen atoms in total. The maximum atomic E-state index is 6.01. The third-order valence-corrected chi connectivity index (χ3v) is 5.15. The second-order valence-corrected chi connectivity index (χ2v) is 7.30. The van der Waals surface area contributed by atoms with Gasteiger partial charge in [-0.05, 0) is 49.2 Å². The van der Waals surface area contributed by atoms with Crippen molar-refractivity contribution in [2.24, 2.45) is 0 Å². The second kappa shape index (κ2) is 7.94. The average Bonchev–Trinajstić information content (AvgIpc) is 3.12. The van der Waals surface area contributed by atoms with Crippen LogP contribution in [0.2, 0.25) is 5.02 Å². The number of piperidine rings is 1. The van der Waals surface area contributed by atoms with Gasteiger partial charge in [-0.15, -0.1) is 0 Å². The van der Waals surface area contributed by atoms with Crippen LogP contribution in [0.4, 0.5) is 5.69 Å². The molecule has 0 saturated carbocycles. The van der Waals surface area contributed by atoms with Gasteiger partial charge in [0.25, 0.3) is 0 Å². The van der Waals surface area contributed by atoms with Crippen molar-refractivity contribution in [3.63, 3.8) is 0 Å². The van der Waals surface area contributed by atoms with Crippen LogP contribution in [0.15, 0.2) is 60.8 Å². The predicted octanol–water partition coefficient (Wildman–Crippen LogP) is 4.81. The highest BCUT2D eigenvalue weighted by Gasteiger charge is 2.21. The molecule has 1 fully saturated rings. The zero-order valence-corrected chi connectivity index (χ0v) is 15.4. The minimum atomic E-state index is 0.483. The van der Waals surface area contributed by atoms with Crippen molar-refractivity contribution in [2.45, 2.75) is 25.4 Å². The summed E-state index contributed by atoms with van der Waals surface area (Å²) in [6.07, 6.45) is 4.36. The largest absolute Gasteiger partial charge is 0.381 e. The number of nitrogens with zero attached hydrogens (tertiary/aromatic N) is 2. The molecular weight excluding hydrogens is 344 g/mol. The van der Waals surface area contributed by atoms with E-state index in [0.29, 0.717) is 6.04 Å². The standard InChI is InChI=1S/C21H23ClN4/c22-18-10-8-16(9-11-18)21-17(13-23-25-21)14-26-12-4-7-20(15-26)24-19-5-2-1-3-6-19/h1-3,5-6,8-11,13,20,24H,4,7,12,14-15H2,(H,23,25)/t20-/m0/s1. The van der Waals surface area contributed by atoms with Gasteiger partial charge in [0, 0.05) is 35.4 Å². The van der Waals surface area contributed by atoms with E-state index < -0.39 is 0 Å². The first-order valence-electron chi connectivity index (χ1n) is 9.10. The highest BCUT2D eigenvalue weighted by atomic mass is 35.5. The summed E-state index contributed by atoms with van der Waals surface area (Å²) in [4.78, 5) is 2.51. The smallest absolute Gasteiger partial charge is 0.0695 e. The van der Waals surface area contributed by atoms with Crippen molar-refractivity contribution >= 4 is 17.3 Å². The molecule has 5 heteroatoms. The Hall–Kier alpha value is -2.30. The fraction of sp³-hybridized carbons (Fsp3) is 0.286. The summed E-state index contributed by atoms with van der Waals surface area (Å²) in [6.45, 7) is 3.07. The van der Waals surface area contributed by atoms with Crippen LogP contribution in [0.25, 0.3) is 11.3 Å². The van der Waals surface area contributed by atoms with Gasteiger partial charge < -0.3 is 5.32 Å². The van der Waals surface area contributed by atoms with Crippen LogP contribution in [-0.2, 0) is 6.54 Å². The fourth-order valence-electron chi connectivity index (χ4n) is 3.63. The van der Waals surface area contributed by atoms with Gasteiger partial charge in [0.1, 0.15) is 0 Å². The summed E-state index contributed by atoms with van der Waals surface area (Å²) in [6, 6.07) is 18.9. The fourth-order valence-corrected chi connectivity index (χ4v) is 3.75. The van der Waals surface area contributed by atoms with Crippen molar-refractivity contribution in [3.8, 4) is 11.3 Å². The molecule has 0 amide bonds. The Bertz CT molecular complexity index is 829. The third kappa shape index (κ3) is 4.09. The Morgan fingerprint density at radius 2 is 1.92 bits per heavy atom. The van der Waals surface area contributed by atoms with Crippen LogP contribution >= 0.6 is 11.6 Å². The predicted molar refractivity (Wildman–Crippen MR) is 107 cm³/mol. The Balaban J connectivity index is 1.43. The average molecular weight is 367 g/mol. The molecule has 0 aliphatic carbocycles. The molecule has 0 bridgehead atoms. The number of hydrogen-bond donors (Lipinski definition) is 2. The Labute approximate surface area is 159 Å². The van der Waals surface area contributed by atoms with E-state index in [4.69, 9.17) is 11.6 Å². The Morgan fingerprint density at radius 1 is 1.12 bits per heavy atom. The summed E-state index contributed by atoms with van der Waals surface area (Å²) in [5.41, 5.74) is 4.63. The minimum absolute atomic E-state index is 0.483. The van der Waals surface area contributed by atoms with Crippen molar-refractivity contribution in [1.29, 1.82) is 0 Å². The number of benzene rings is 2. The molecule has 3 aromatic rings. The van der Waals surface area contributed by atoms with Gasteiger partial charge in [-0.25, -0.2) is 0 Å². The zero-order chi connectivity index (χ0) is 17.8. The van der Waals surface area contributed by atoms with Crippen molar-refractivity contribution < 1.29 is 0 Å². The van der Waals surface area contributed by atoms with E-state index in [1.54, 1.807) is 0 Å². The van der Waals surface area contributed by atoms with Crippen molar-refractivity contribution in [3.05, 3.63) is 71.4 Å². The first kappa shape index (κ1) is 17.1. The maximum Gasteiger partial charge on any atom is 0.0695 e. The molecule has 1 saturated heterocycles. The molecule has 1 atom stereocenters. The molecule has 0 spiro atoms. The van der Waals surface area contributed by atoms with Crippen LogP contribution in [0.1, 0.15) is 18.4 Å². The van der Waals surface area contributed by atoms with E-state index in [1.807, 2.05) is 30.5 Å². The molecule has 2 N–H and O–H groups in total. The van der Waals surface area contributed by atoms with Crippen molar-refractivity contribution in [1.82, 2.24) is 15.1 Å². The van der Waals surface area contributed by atoms with Gasteiger partial charge in [-0.3, -0.25) is 10.00 Å². The van der Waals surface area contributed by atoms with E-state index >= 15 is 0 Å². The number of para-hydroxylation sites is 1. The molecule has 2 heterocycles. The zero-order valence-electron chi connectivity index (χ0n) is 14.7. The molecular formula is C21H23ClN4. The Kier molecular flexibility index (Phi) is 5.23. The minimum Gasteiger partial charge on any atom is -0.381 e. The quantitative estimate of drug-likeness (QED) is 0.681. The van der Waals surface area contributed by atoms with Crippen LogP contribution in [0.5, 0.6) is 0 Å². The maximum absolute atomic E-state index is 6.01. The first-order valence-corrected chi connectivity index (χ1v) is 9.48. The van der Waals surface area contributed by atoms with E-state index in [2.05, 4.69) is 50.7 Å². The number of aromatic nitrogens is 2. The number of aromatic amines is 1. The highest BCUT2D eigenvalue weighted by molar-refractivity contribution is 6.30. The van der Waals surface area contributed by atoms with Crippen LogP contribution < -0.4 is 5.32 Å². The number of H-pyrrole nitrogens is 1. The van der Waals surface area contributed by atoms with Gasteiger partial charge in [-0.1, -0.05) is 41.9 Å². The van der Waals surface area contributed by atoms with Crippen LogP contribution in [0, 0.1) is 0 Å². The van der Waals surface area contributed by atoms with E-state index in [-0.39, 0.29) is 0 Å². The molecule has 1 aliphatic heterocycles. The number of rotatable bonds is 5. The summed E-state index contributed by atoms with van der Waals surface area (Å²) in [5.74, 6) is 0. The lowest BCUT2D eigenvalue weighted by atomic mass is 10.0. The SMILES string of the molecule is Clc1ccc(-c2[nH]ncc2CN2CCC[C@H](Nc3ccccc3)C2)cc1. The van der Waals surface area contributed by atoms with Crippen molar-refractivity contribution in [2.75, 3.05) is 18.4 Å². The molecule has 0 radical (unpaired) electrons. The molecule has 0 unspecified atom stereocenters. The van der Waals surface area contributed by atoms with E-state index in [9.17, 15) is 0 Å². The second-order valence-electron chi connectivity index (χ2n) is 6.86. The number of halogens is 1. The van der Waals surface area contributed by atoms with Crippen LogP contribution in [-0.4, -0.2) is 34.2 Å². The highest BCUT2D eigenvalue weighted by Crippen LogP contribution is 2.25. The number of hydrogen-bond acceptors (Lipinski definition) is 3. The monoisotopic (exact) mass is 366 g/mol. The third-order valence-electron chi connectivity index (χ3n) is 4.89. The lowest BCUT2D eigenvalue weighted by Crippen LogP contribution is -2.41. The molecule has 26 heavy (non-hydrogen) atoms. The number of nitrogens with one attached hydrogen (secondary N) is 2. The molecule has 1 aliphatic rings. The lowest BCUT2D eigenvalue weighted by molar-refractivity contribution is 0.209. The molecule has 134 valence electrons. The van der Waals surface area contributed by atoms with Gasteiger partial charge in [-0.2, -0.15) is 5.10 Å². The van der Waals surface area contributed by atoms with E-state index in [0.717, 1.165) is 35.9 Å². The summed E-state index contributed by atoms with van der Waals surface area (Å²) in [7, 11) is 0. The summed E-state index contributed by atoms with van der Waals surface area (Å²) in [5, 5.41) is 11.8. The first-order chi connectivity index (χ1) is 12.8. The molecule has 1 aromatic heterocycles. The summed E-state index contributed by atoms with van der Waals surface area (Å²) >= 11 is 6.01. The normalized spacial score (nSPS) is 18.0. The van der Waals surface area contributed by atoms with Crippen LogP contribution in [0.3, 0.4) is 0 Å².